The maximum atomic E-state index is 11.7. The lowest BCUT2D eigenvalue weighted by molar-refractivity contribution is -0.120. The zero-order valence-electron chi connectivity index (χ0n) is 11.7. The summed E-state index contributed by atoms with van der Waals surface area (Å²) in [6.07, 6.45) is 1.58. The molecular weight excluding hydrogens is 336 g/mol. The molecule has 1 aromatic carbocycles. The molecule has 112 valence electrons. The van der Waals surface area contributed by atoms with Gasteiger partial charge in [0.25, 0.3) is 0 Å². The number of halogens is 1. The monoisotopic (exact) mass is 352 g/mol. The number of rotatable bonds is 7. The number of carbonyl (C=O) groups is 1. The van der Waals surface area contributed by atoms with Crippen LogP contribution in [0, 0.1) is 0 Å². The summed E-state index contributed by atoms with van der Waals surface area (Å²) >= 11 is 3.42. The standard InChI is InChI=1S/C15H17BrN2O3/c1-20-14-5-4-12(16)7-11(14)8-17-10-15(19)18-9-13-3-2-6-21-13/h2-7,17H,8-10H2,1H3,(H,18,19). The lowest BCUT2D eigenvalue weighted by Gasteiger charge is -2.10. The molecule has 0 radical (unpaired) electrons. The number of methoxy groups -OCH3 is 1. The van der Waals surface area contributed by atoms with Gasteiger partial charge in [-0.3, -0.25) is 4.79 Å². The molecule has 0 saturated heterocycles. The highest BCUT2D eigenvalue weighted by atomic mass is 79.9. The van der Waals surface area contributed by atoms with Crippen molar-refractivity contribution in [1.82, 2.24) is 10.6 Å². The number of hydrogen-bond donors (Lipinski definition) is 2. The maximum absolute atomic E-state index is 11.7. The highest BCUT2D eigenvalue weighted by molar-refractivity contribution is 9.10. The first-order valence-electron chi connectivity index (χ1n) is 6.51. The van der Waals surface area contributed by atoms with Crippen LogP contribution >= 0.6 is 15.9 Å². The molecule has 1 aromatic heterocycles. The number of furan rings is 1. The number of benzene rings is 1. The topological polar surface area (TPSA) is 63.5 Å². The minimum atomic E-state index is -0.0830. The van der Waals surface area contributed by atoms with Gasteiger partial charge in [0.2, 0.25) is 5.91 Å². The number of nitrogens with one attached hydrogen (secondary N) is 2. The molecule has 21 heavy (non-hydrogen) atoms. The van der Waals surface area contributed by atoms with E-state index in [4.69, 9.17) is 9.15 Å². The SMILES string of the molecule is COc1ccc(Br)cc1CNCC(=O)NCc1ccco1. The third kappa shape index (κ3) is 4.91. The van der Waals surface area contributed by atoms with Gasteiger partial charge in [-0.25, -0.2) is 0 Å². The zero-order chi connectivity index (χ0) is 15.1. The largest absolute Gasteiger partial charge is 0.496 e. The molecular formula is C15H17BrN2O3. The van der Waals surface area contributed by atoms with Crippen molar-refractivity contribution in [1.29, 1.82) is 0 Å². The molecule has 2 rings (SSSR count). The van der Waals surface area contributed by atoms with Gasteiger partial charge in [-0.05, 0) is 30.3 Å². The van der Waals surface area contributed by atoms with E-state index in [0.717, 1.165) is 21.5 Å². The molecule has 0 aliphatic rings. The molecule has 1 heterocycles. The van der Waals surface area contributed by atoms with Gasteiger partial charge in [0.1, 0.15) is 11.5 Å². The molecule has 0 unspecified atom stereocenters. The Balaban J connectivity index is 1.76. The molecule has 5 nitrogen and oxygen atoms in total. The van der Waals surface area contributed by atoms with Crippen LogP contribution in [0.1, 0.15) is 11.3 Å². The summed E-state index contributed by atoms with van der Waals surface area (Å²) in [5.74, 6) is 1.44. The summed E-state index contributed by atoms with van der Waals surface area (Å²) in [4.78, 5) is 11.7. The summed E-state index contributed by atoms with van der Waals surface area (Å²) < 4.78 is 11.4. The first kappa shape index (κ1) is 15.6. The van der Waals surface area contributed by atoms with Crippen molar-refractivity contribution in [3.63, 3.8) is 0 Å². The molecule has 6 heteroatoms. The predicted octanol–water partition coefficient (Wildman–Crippen LogP) is 2.46. The van der Waals surface area contributed by atoms with Crippen LogP contribution in [0.5, 0.6) is 5.75 Å². The van der Waals surface area contributed by atoms with Crippen LogP contribution in [0.3, 0.4) is 0 Å². The molecule has 2 aromatic rings. The minimum absolute atomic E-state index is 0.0830. The Labute approximate surface area is 131 Å². The Hall–Kier alpha value is -1.79. The van der Waals surface area contributed by atoms with E-state index >= 15 is 0 Å². The van der Waals surface area contributed by atoms with Crippen LogP contribution < -0.4 is 15.4 Å². The fourth-order valence-corrected chi connectivity index (χ4v) is 2.27. The van der Waals surface area contributed by atoms with Crippen molar-refractivity contribution in [2.45, 2.75) is 13.1 Å². The van der Waals surface area contributed by atoms with Crippen LogP contribution in [-0.2, 0) is 17.9 Å². The van der Waals surface area contributed by atoms with Crippen molar-refractivity contribution < 1.29 is 13.9 Å². The van der Waals surface area contributed by atoms with Gasteiger partial charge in [-0.1, -0.05) is 15.9 Å². The van der Waals surface area contributed by atoms with Gasteiger partial charge in [-0.2, -0.15) is 0 Å². The number of ether oxygens (including phenoxy) is 1. The van der Waals surface area contributed by atoms with E-state index in [2.05, 4.69) is 26.6 Å². The van der Waals surface area contributed by atoms with E-state index in [1.54, 1.807) is 19.4 Å². The summed E-state index contributed by atoms with van der Waals surface area (Å²) in [5.41, 5.74) is 0.991. The van der Waals surface area contributed by atoms with Gasteiger partial charge in [-0.15, -0.1) is 0 Å². The van der Waals surface area contributed by atoms with Crippen LogP contribution in [0.25, 0.3) is 0 Å². The highest BCUT2D eigenvalue weighted by Gasteiger charge is 2.06. The van der Waals surface area contributed by atoms with Crippen LogP contribution in [0.4, 0.5) is 0 Å². The molecule has 0 fully saturated rings. The Morgan fingerprint density at radius 2 is 2.19 bits per heavy atom. The van der Waals surface area contributed by atoms with Gasteiger partial charge >= 0.3 is 0 Å². The first-order chi connectivity index (χ1) is 10.2. The predicted molar refractivity (Wildman–Crippen MR) is 83.0 cm³/mol. The van der Waals surface area contributed by atoms with Crippen LogP contribution in [-0.4, -0.2) is 19.6 Å². The zero-order valence-corrected chi connectivity index (χ0v) is 13.3. The van der Waals surface area contributed by atoms with Crippen LogP contribution in [0.15, 0.2) is 45.5 Å². The van der Waals surface area contributed by atoms with E-state index in [0.29, 0.717) is 13.1 Å². The van der Waals surface area contributed by atoms with Gasteiger partial charge in [0, 0.05) is 16.6 Å². The second-order valence-electron chi connectivity index (χ2n) is 4.42. The van der Waals surface area contributed by atoms with E-state index in [1.807, 2.05) is 24.3 Å². The smallest absolute Gasteiger partial charge is 0.234 e. The summed E-state index contributed by atoms with van der Waals surface area (Å²) in [5, 5.41) is 5.87. The number of amides is 1. The van der Waals surface area contributed by atoms with E-state index in [9.17, 15) is 4.79 Å². The lowest BCUT2D eigenvalue weighted by Crippen LogP contribution is -2.33. The van der Waals surface area contributed by atoms with Crippen LogP contribution in [0.2, 0.25) is 0 Å². The first-order valence-corrected chi connectivity index (χ1v) is 7.30. The Kier molecular flexibility index (Phi) is 5.83. The van der Waals surface area contributed by atoms with Gasteiger partial charge < -0.3 is 19.8 Å². The van der Waals surface area contributed by atoms with E-state index in [-0.39, 0.29) is 12.5 Å². The van der Waals surface area contributed by atoms with Gasteiger partial charge in [0.05, 0.1) is 26.5 Å². The number of carbonyl (C=O) groups excluding carboxylic acids is 1. The normalized spacial score (nSPS) is 10.4. The summed E-state index contributed by atoms with van der Waals surface area (Å²) in [6.45, 7) is 1.18. The van der Waals surface area contributed by atoms with Crippen molar-refractivity contribution in [2.24, 2.45) is 0 Å². The molecule has 0 bridgehead atoms. The fraction of sp³-hybridized carbons (Fsp3) is 0.267. The minimum Gasteiger partial charge on any atom is -0.496 e. The quantitative estimate of drug-likeness (QED) is 0.803. The van der Waals surface area contributed by atoms with Crippen molar-refractivity contribution in [3.05, 3.63) is 52.4 Å². The van der Waals surface area contributed by atoms with Crippen molar-refractivity contribution in [2.75, 3.05) is 13.7 Å². The maximum Gasteiger partial charge on any atom is 0.234 e. The highest BCUT2D eigenvalue weighted by Crippen LogP contribution is 2.22. The Bertz CT molecular complexity index is 585. The Morgan fingerprint density at radius 3 is 2.90 bits per heavy atom. The molecule has 0 aliphatic heterocycles. The van der Waals surface area contributed by atoms with Crippen molar-refractivity contribution >= 4 is 21.8 Å². The van der Waals surface area contributed by atoms with E-state index < -0.39 is 0 Å². The third-order valence-electron chi connectivity index (χ3n) is 2.88. The average Bonchev–Trinajstić information content (AvgIpc) is 2.99. The molecule has 0 aliphatic carbocycles. The summed E-state index contributed by atoms with van der Waals surface area (Å²) in [6, 6.07) is 9.38. The molecule has 1 amide bonds. The average molecular weight is 353 g/mol. The van der Waals surface area contributed by atoms with E-state index in [1.165, 1.54) is 0 Å². The third-order valence-corrected chi connectivity index (χ3v) is 3.38. The lowest BCUT2D eigenvalue weighted by atomic mass is 10.2. The molecule has 0 atom stereocenters. The molecule has 0 spiro atoms. The summed E-state index contributed by atoms with van der Waals surface area (Å²) in [7, 11) is 1.63. The molecule has 2 N–H and O–H groups in total. The van der Waals surface area contributed by atoms with Gasteiger partial charge in [0.15, 0.2) is 0 Å². The molecule has 0 saturated carbocycles. The fourth-order valence-electron chi connectivity index (χ4n) is 1.86. The number of hydrogen-bond acceptors (Lipinski definition) is 4. The van der Waals surface area contributed by atoms with Crippen molar-refractivity contribution in [3.8, 4) is 5.75 Å². The second kappa shape index (κ2) is 7.85. The second-order valence-corrected chi connectivity index (χ2v) is 5.33. The Morgan fingerprint density at radius 1 is 1.33 bits per heavy atom.